The first-order valence-corrected chi connectivity index (χ1v) is 11.0. The summed E-state index contributed by atoms with van der Waals surface area (Å²) < 4.78 is 21.0. The summed E-state index contributed by atoms with van der Waals surface area (Å²) in [6.45, 7) is 5.25. The number of piperidine rings is 1. The van der Waals surface area contributed by atoms with Gasteiger partial charge in [-0.1, -0.05) is 0 Å². The number of hydrogen-bond donors (Lipinski definition) is 2. The summed E-state index contributed by atoms with van der Waals surface area (Å²) in [5, 5.41) is 3.44. The van der Waals surface area contributed by atoms with Crippen LogP contribution in [0.3, 0.4) is 0 Å². The molecule has 0 saturated carbocycles. The maximum absolute atomic E-state index is 12.9. The van der Waals surface area contributed by atoms with Crippen molar-refractivity contribution in [2.75, 3.05) is 52.4 Å². The molecular formula is C23H31N3O7. The summed E-state index contributed by atoms with van der Waals surface area (Å²) in [6, 6.07) is 3.39. The number of hydrogen-bond acceptors (Lipinski definition) is 8. The van der Waals surface area contributed by atoms with Crippen molar-refractivity contribution in [3.8, 4) is 11.5 Å². The number of H-pyrrole nitrogens is 1. The highest BCUT2D eigenvalue weighted by Crippen LogP contribution is 2.37. The number of esters is 2. The zero-order valence-corrected chi connectivity index (χ0v) is 19.5. The van der Waals surface area contributed by atoms with E-state index in [0.717, 1.165) is 12.8 Å². The lowest BCUT2D eigenvalue weighted by Crippen LogP contribution is -2.43. The average Bonchev–Trinajstić information content (AvgIpc) is 3.15. The number of anilines is 1. The van der Waals surface area contributed by atoms with E-state index in [1.807, 2.05) is 4.90 Å². The van der Waals surface area contributed by atoms with Gasteiger partial charge in [-0.05, 0) is 39.3 Å². The van der Waals surface area contributed by atoms with Crippen LogP contribution in [-0.2, 0) is 19.1 Å². The lowest BCUT2D eigenvalue weighted by molar-refractivity contribution is -0.150. The molecule has 1 atom stereocenters. The van der Waals surface area contributed by atoms with E-state index >= 15 is 0 Å². The minimum absolute atomic E-state index is 0.0815. The van der Waals surface area contributed by atoms with Crippen molar-refractivity contribution in [1.29, 1.82) is 0 Å². The van der Waals surface area contributed by atoms with E-state index in [9.17, 15) is 14.4 Å². The van der Waals surface area contributed by atoms with E-state index in [-0.39, 0.29) is 36.6 Å². The maximum Gasteiger partial charge on any atom is 0.356 e. The van der Waals surface area contributed by atoms with E-state index in [1.165, 1.54) is 14.2 Å². The number of nitrogens with one attached hydrogen (secondary N) is 2. The lowest BCUT2D eigenvalue weighted by atomic mass is 9.98. The van der Waals surface area contributed by atoms with Crippen molar-refractivity contribution in [2.45, 2.75) is 26.7 Å². The largest absolute Gasteiger partial charge is 0.493 e. The van der Waals surface area contributed by atoms with Gasteiger partial charge in [0.25, 0.3) is 0 Å². The second-order valence-corrected chi connectivity index (χ2v) is 7.72. The molecule has 1 saturated heterocycles. The van der Waals surface area contributed by atoms with E-state index in [1.54, 1.807) is 26.0 Å². The molecule has 10 nitrogen and oxygen atoms in total. The molecule has 1 amide bonds. The van der Waals surface area contributed by atoms with Crippen LogP contribution in [0.1, 0.15) is 37.2 Å². The van der Waals surface area contributed by atoms with Gasteiger partial charge in [0.2, 0.25) is 5.91 Å². The van der Waals surface area contributed by atoms with Crippen molar-refractivity contribution >= 4 is 34.4 Å². The minimum Gasteiger partial charge on any atom is -0.493 e. The molecule has 1 aromatic carbocycles. The van der Waals surface area contributed by atoms with Crippen LogP contribution < -0.4 is 14.8 Å². The summed E-state index contributed by atoms with van der Waals surface area (Å²) in [6.07, 6.45) is 1.54. The van der Waals surface area contributed by atoms with Crippen LogP contribution in [0.5, 0.6) is 11.5 Å². The third-order valence-electron chi connectivity index (χ3n) is 5.54. The van der Waals surface area contributed by atoms with Crippen molar-refractivity contribution in [2.24, 2.45) is 5.92 Å². The van der Waals surface area contributed by atoms with E-state index in [4.69, 9.17) is 18.9 Å². The van der Waals surface area contributed by atoms with Crippen LogP contribution in [0.4, 0.5) is 5.69 Å². The fourth-order valence-corrected chi connectivity index (χ4v) is 4.04. The third-order valence-corrected chi connectivity index (χ3v) is 5.54. The molecule has 0 radical (unpaired) electrons. The summed E-state index contributed by atoms with van der Waals surface area (Å²) in [5.74, 6) is -0.416. The van der Waals surface area contributed by atoms with Gasteiger partial charge in [0.05, 0.1) is 51.1 Å². The van der Waals surface area contributed by atoms with Crippen molar-refractivity contribution in [3.05, 3.63) is 17.8 Å². The Bertz CT molecular complexity index is 1020. The molecule has 1 fully saturated rings. The Morgan fingerprint density at radius 2 is 1.79 bits per heavy atom. The molecule has 10 heteroatoms. The highest BCUT2D eigenvalue weighted by molar-refractivity contribution is 6.11. The number of fused-ring (bicyclic) bond motifs is 1. The number of methoxy groups -OCH3 is 2. The van der Waals surface area contributed by atoms with Gasteiger partial charge >= 0.3 is 11.9 Å². The molecule has 2 heterocycles. The van der Waals surface area contributed by atoms with Crippen LogP contribution in [-0.4, -0.2) is 74.8 Å². The first kappa shape index (κ1) is 24.4. The number of likely N-dealkylation sites (tertiary alicyclic amines) is 1. The molecule has 0 aliphatic carbocycles. The second-order valence-electron chi connectivity index (χ2n) is 7.72. The van der Waals surface area contributed by atoms with Crippen LogP contribution in [0, 0.1) is 5.92 Å². The zero-order chi connectivity index (χ0) is 24.0. The lowest BCUT2D eigenvalue weighted by Gasteiger charge is -2.30. The minimum atomic E-state index is -0.581. The van der Waals surface area contributed by atoms with Crippen LogP contribution in [0.25, 0.3) is 10.9 Å². The maximum atomic E-state index is 12.9. The van der Waals surface area contributed by atoms with Crippen molar-refractivity contribution in [1.82, 2.24) is 9.88 Å². The number of carbonyl (C=O) groups is 3. The summed E-state index contributed by atoms with van der Waals surface area (Å²) in [4.78, 5) is 42.5. The molecule has 0 bridgehead atoms. The Morgan fingerprint density at radius 1 is 1.09 bits per heavy atom. The Balaban J connectivity index is 1.84. The van der Waals surface area contributed by atoms with Gasteiger partial charge in [0.15, 0.2) is 11.5 Å². The normalized spacial score (nSPS) is 16.3. The Morgan fingerprint density at radius 3 is 2.45 bits per heavy atom. The second kappa shape index (κ2) is 11.0. The third kappa shape index (κ3) is 5.57. The summed E-state index contributed by atoms with van der Waals surface area (Å²) in [5.41, 5.74) is 1.04. The predicted molar refractivity (Wildman–Crippen MR) is 122 cm³/mol. The highest BCUT2D eigenvalue weighted by atomic mass is 16.5. The van der Waals surface area contributed by atoms with Gasteiger partial charge < -0.3 is 29.2 Å². The van der Waals surface area contributed by atoms with Crippen molar-refractivity contribution < 1.29 is 33.3 Å². The SMILES string of the molecule is CCOC(=O)c1[nH]c2cc(OC)c(OC)cc2c1NC(=O)CN1CCCC(C(=O)OCC)C1. The molecule has 0 spiro atoms. The first-order valence-electron chi connectivity index (χ1n) is 11.0. The topological polar surface area (TPSA) is 119 Å². The molecule has 1 aliphatic rings. The monoisotopic (exact) mass is 461 g/mol. The smallest absolute Gasteiger partial charge is 0.356 e. The van der Waals surface area contributed by atoms with Gasteiger partial charge in [0.1, 0.15) is 5.69 Å². The number of nitrogens with zero attached hydrogens (tertiary/aromatic N) is 1. The van der Waals surface area contributed by atoms with E-state index < -0.39 is 5.97 Å². The number of carbonyl (C=O) groups excluding carboxylic acids is 3. The van der Waals surface area contributed by atoms with Gasteiger partial charge in [0, 0.05) is 18.0 Å². The van der Waals surface area contributed by atoms with Crippen LogP contribution in [0.2, 0.25) is 0 Å². The number of amides is 1. The van der Waals surface area contributed by atoms with E-state index in [2.05, 4.69) is 10.3 Å². The first-order chi connectivity index (χ1) is 15.9. The van der Waals surface area contributed by atoms with Crippen LogP contribution in [0.15, 0.2) is 12.1 Å². The van der Waals surface area contributed by atoms with E-state index in [0.29, 0.717) is 47.8 Å². The van der Waals surface area contributed by atoms with Crippen LogP contribution >= 0.6 is 0 Å². The fourth-order valence-electron chi connectivity index (χ4n) is 4.04. The fraction of sp³-hybridized carbons (Fsp3) is 0.522. The molecular weight excluding hydrogens is 430 g/mol. The average molecular weight is 462 g/mol. The standard InChI is InChI=1S/C23H31N3O7/c1-5-32-22(28)14-8-7-9-26(12-14)13-19(27)25-20-15-10-17(30-3)18(31-4)11-16(15)24-21(20)23(29)33-6-2/h10-11,14,24H,5-9,12-13H2,1-4H3,(H,25,27). The number of ether oxygens (including phenoxy) is 4. The highest BCUT2D eigenvalue weighted by Gasteiger charge is 2.29. The van der Waals surface area contributed by atoms with Gasteiger partial charge in [-0.15, -0.1) is 0 Å². The Labute approximate surface area is 192 Å². The molecule has 2 aromatic rings. The number of rotatable bonds is 9. The number of aromatic nitrogens is 1. The molecule has 33 heavy (non-hydrogen) atoms. The number of aromatic amines is 1. The summed E-state index contributed by atoms with van der Waals surface area (Å²) in [7, 11) is 3.03. The zero-order valence-electron chi connectivity index (χ0n) is 19.5. The molecule has 2 N–H and O–H groups in total. The Hall–Kier alpha value is -3.27. The number of benzene rings is 1. The summed E-state index contributed by atoms with van der Waals surface area (Å²) >= 11 is 0. The van der Waals surface area contributed by atoms with Gasteiger partial charge in [-0.3, -0.25) is 14.5 Å². The molecule has 1 aromatic heterocycles. The molecule has 180 valence electrons. The Kier molecular flexibility index (Phi) is 8.16. The molecule has 3 rings (SSSR count). The van der Waals surface area contributed by atoms with Gasteiger partial charge in [-0.25, -0.2) is 4.79 Å². The van der Waals surface area contributed by atoms with Gasteiger partial charge in [-0.2, -0.15) is 0 Å². The van der Waals surface area contributed by atoms with Crippen molar-refractivity contribution in [3.63, 3.8) is 0 Å². The molecule has 1 unspecified atom stereocenters. The quantitative estimate of drug-likeness (QED) is 0.547. The molecule has 1 aliphatic heterocycles. The predicted octanol–water partition coefficient (Wildman–Crippen LogP) is 2.58.